The molecule has 2 aromatic heterocycles. The Kier molecular flexibility index (Phi) is 9.10. The van der Waals surface area contributed by atoms with Crippen LogP contribution in [-0.2, 0) is 11.2 Å². The number of aliphatic hydroxyl groups is 1. The number of amides is 1. The number of ether oxygens (including phenoxy) is 2. The van der Waals surface area contributed by atoms with Crippen LogP contribution in [0, 0.1) is 26.2 Å². The molecule has 1 unspecified atom stereocenters. The summed E-state index contributed by atoms with van der Waals surface area (Å²) in [4.78, 5) is 26.2. The molecule has 2 N–H and O–H groups in total. The maximum atomic E-state index is 11.8. The Morgan fingerprint density at radius 3 is 2.62 bits per heavy atom. The molecular weight excluding hydrogens is 536 g/mol. The Morgan fingerprint density at radius 2 is 1.95 bits per heavy atom. The molecule has 11 nitrogen and oxygen atoms in total. The number of aryl methyl sites for hydroxylation is 2. The minimum Gasteiger partial charge on any atom is -0.491 e. The van der Waals surface area contributed by atoms with Gasteiger partial charge in [-0.1, -0.05) is 17.3 Å². The summed E-state index contributed by atoms with van der Waals surface area (Å²) in [5, 5.41) is 17.2. The largest absolute Gasteiger partial charge is 0.491 e. The first-order chi connectivity index (χ1) is 20.2. The monoisotopic (exact) mass is 578 g/mol. The van der Waals surface area contributed by atoms with Gasteiger partial charge in [-0.2, -0.15) is 0 Å². The lowest BCUT2D eigenvalue weighted by molar-refractivity contribution is -0.0374. The van der Waals surface area contributed by atoms with Crippen LogP contribution < -0.4 is 10.1 Å². The number of likely N-dealkylation sites (N-methyl/N-ethyl adjacent to an activating group) is 1. The maximum Gasteiger partial charge on any atom is 0.409 e. The van der Waals surface area contributed by atoms with Gasteiger partial charge in [-0.05, 0) is 71.4 Å². The Hall–Kier alpha value is -3.54. The molecule has 226 valence electrons. The number of benzene rings is 1. The van der Waals surface area contributed by atoms with Crippen molar-refractivity contribution in [2.24, 2.45) is 5.41 Å². The van der Waals surface area contributed by atoms with Crippen molar-refractivity contribution in [3.8, 4) is 28.4 Å². The molecule has 1 atom stereocenters. The molecule has 2 aliphatic heterocycles. The molecule has 3 aromatic rings. The highest BCUT2D eigenvalue weighted by Gasteiger charge is 2.47. The van der Waals surface area contributed by atoms with Crippen LogP contribution in [0.4, 0.5) is 4.79 Å². The molecule has 1 spiro atoms. The number of piperidine rings is 1. The summed E-state index contributed by atoms with van der Waals surface area (Å²) in [6, 6.07) is 7.68. The Morgan fingerprint density at radius 1 is 1.19 bits per heavy atom. The first kappa shape index (κ1) is 29.9. The van der Waals surface area contributed by atoms with Crippen LogP contribution in [0.3, 0.4) is 0 Å². The van der Waals surface area contributed by atoms with Gasteiger partial charge in [-0.25, -0.2) is 14.8 Å². The van der Waals surface area contributed by atoms with E-state index in [4.69, 9.17) is 24.0 Å². The van der Waals surface area contributed by atoms with Gasteiger partial charge in [-0.15, -0.1) is 0 Å². The van der Waals surface area contributed by atoms with Crippen molar-refractivity contribution in [2.45, 2.75) is 46.1 Å². The van der Waals surface area contributed by atoms with E-state index in [9.17, 15) is 9.90 Å². The molecule has 2 saturated heterocycles. The second-order valence-electron chi connectivity index (χ2n) is 11.6. The van der Waals surface area contributed by atoms with Gasteiger partial charge in [0, 0.05) is 49.3 Å². The SMILES string of the molecule is CNCC(O)COc1cccc(-c2nc(CCN3CCC4(CC3)CN(C(=O)OC)C4)c(C)c(-c3c(C)noc3C)n2)c1. The molecule has 1 aromatic carbocycles. The number of hydrogen-bond acceptors (Lipinski definition) is 10. The number of carbonyl (C=O) groups is 1. The minimum absolute atomic E-state index is 0.187. The van der Waals surface area contributed by atoms with Crippen LogP contribution in [0.25, 0.3) is 22.6 Å². The number of aliphatic hydroxyl groups excluding tert-OH is 1. The Labute approximate surface area is 247 Å². The number of nitrogens with zero attached hydrogens (tertiary/aromatic N) is 5. The van der Waals surface area contributed by atoms with Gasteiger partial charge in [0.05, 0.1) is 24.1 Å². The third-order valence-electron chi connectivity index (χ3n) is 8.56. The van der Waals surface area contributed by atoms with Crippen molar-refractivity contribution < 1.29 is 23.9 Å². The first-order valence-electron chi connectivity index (χ1n) is 14.6. The van der Waals surface area contributed by atoms with Crippen LogP contribution in [0.2, 0.25) is 0 Å². The highest BCUT2D eigenvalue weighted by Crippen LogP contribution is 2.40. The van der Waals surface area contributed by atoms with Gasteiger partial charge in [0.25, 0.3) is 0 Å². The number of hydrogen-bond donors (Lipinski definition) is 2. The molecule has 2 fully saturated rings. The number of aromatic nitrogens is 3. The summed E-state index contributed by atoms with van der Waals surface area (Å²) < 4.78 is 16.2. The molecule has 11 heteroatoms. The number of nitrogens with one attached hydrogen (secondary N) is 1. The van der Waals surface area contributed by atoms with E-state index in [2.05, 4.69) is 22.3 Å². The Balaban J connectivity index is 1.34. The van der Waals surface area contributed by atoms with Gasteiger partial charge in [-0.3, -0.25) is 0 Å². The van der Waals surface area contributed by atoms with Crippen LogP contribution in [-0.4, -0.2) is 102 Å². The van der Waals surface area contributed by atoms with Crippen LogP contribution in [0.15, 0.2) is 28.8 Å². The first-order valence-corrected chi connectivity index (χ1v) is 14.6. The van der Waals surface area contributed by atoms with Crippen molar-refractivity contribution >= 4 is 6.09 Å². The summed E-state index contributed by atoms with van der Waals surface area (Å²) >= 11 is 0. The van der Waals surface area contributed by atoms with Crippen molar-refractivity contribution in [3.05, 3.63) is 47.0 Å². The average molecular weight is 579 g/mol. The lowest BCUT2D eigenvalue weighted by Gasteiger charge is -2.53. The summed E-state index contributed by atoms with van der Waals surface area (Å²) in [6.45, 7) is 11.0. The molecule has 0 radical (unpaired) electrons. The van der Waals surface area contributed by atoms with E-state index in [1.807, 2.05) is 38.1 Å². The third kappa shape index (κ3) is 6.43. The fourth-order valence-corrected chi connectivity index (χ4v) is 6.06. The van der Waals surface area contributed by atoms with E-state index in [1.54, 1.807) is 11.9 Å². The number of rotatable bonds is 10. The molecular formula is C31H42N6O5. The fourth-order valence-electron chi connectivity index (χ4n) is 6.06. The van der Waals surface area contributed by atoms with Crippen LogP contribution >= 0.6 is 0 Å². The lowest BCUT2D eigenvalue weighted by atomic mass is 9.72. The van der Waals surface area contributed by atoms with Crippen LogP contribution in [0.5, 0.6) is 5.75 Å². The fraction of sp³-hybridized carbons (Fsp3) is 0.548. The normalized spacial score (nSPS) is 17.2. The molecule has 0 bridgehead atoms. The third-order valence-corrected chi connectivity index (χ3v) is 8.56. The van der Waals surface area contributed by atoms with Crippen molar-refractivity contribution in [1.29, 1.82) is 0 Å². The van der Waals surface area contributed by atoms with Gasteiger partial charge in [0.1, 0.15) is 24.2 Å². The Bertz CT molecular complexity index is 1370. The van der Waals surface area contributed by atoms with Crippen molar-refractivity contribution in [1.82, 2.24) is 30.2 Å². The van der Waals surface area contributed by atoms with E-state index in [1.165, 1.54) is 7.11 Å². The van der Waals surface area contributed by atoms with Crippen LogP contribution in [0.1, 0.15) is 35.6 Å². The van der Waals surface area contributed by atoms with Gasteiger partial charge in [0.15, 0.2) is 5.82 Å². The highest BCUT2D eigenvalue weighted by molar-refractivity contribution is 5.71. The topological polar surface area (TPSA) is 126 Å². The predicted octanol–water partition coefficient (Wildman–Crippen LogP) is 3.39. The number of methoxy groups -OCH3 is 1. The zero-order valence-corrected chi connectivity index (χ0v) is 25.3. The van der Waals surface area contributed by atoms with Gasteiger partial charge >= 0.3 is 6.09 Å². The minimum atomic E-state index is -0.604. The molecule has 42 heavy (non-hydrogen) atoms. The second-order valence-corrected chi connectivity index (χ2v) is 11.6. The molecule has 1 amide bonds. The molecule has 0 saturated carbocycles. The van der Waals surface area contributed by atoms with Gasteiger partial charge < -0.3 is 34.2 Å². The van der Waals surface area contributed by atoms with E-state index < -0.39 is 6.10 Å². The van der Waals surface area contributed by atoms with E-state index in [-0.39, 0.29) is 18.1 Å². The molecule has 5 rings (SSSR count). The maximum absolute atomic E-state index is 11.8. The standard InChI is InChI=1S/C31H42N6O5/c1-20-26(9-12-36-13-10-31(11-14-36)18-37(19-31)30(39)40-5)33-29(34-28(20)27-21(2)35-42-22(27)3)23-7-6-8-25(15-23)41-17-24(38)16-32-4/h6-8,15,24,32,38H,9-14,16-19H2,1-5H3. The summed E-state index contributed by atoms with van der Waals surface area (Å²) in [6.07, 6.45) is 2.11. The summed E-state index contributed by atoms with van der Waals surface area (Å²) in [5.41, 5.74) is 5.62. The molecule has 0 aliphatic carbocycles. The summed E-state index contributed by atoms with van der Waals surface area (Å²) in [5.74, 6) is 1.99. The zero-order chi connectivity index (χ0) is 29.9. The van der Waals surface area contributed by atoms with Gasteiger partial charge in [0.2, 0.25) is 0 Å². The number of likely N-dealkylation sites (tertiary alicyclic amines) is 2. The van der Waals surface area contributed by atoms with E-state index >= 15 is 0 Å². The second kappa shape index (κ2) is 12.8. The number of carbonyl (C=O) groups excluding carboxylic acids is 1. The summed E-state index contributed by atoms with van der Waals surface area (Å²) in [7, 11) is 3.23. The molecule has 2 aliphatic rings. The van der Waals surface area contributed by atoms with E-state index in [0.29, 0.717) is 18.1 Å². The zero-order valence-electron chi connectivity index (χ0n) is 25.3. The van der Waals surface area contributed by atoms with E-state index in [0.717, 1.165) is 91.5 Å². The average Bonchev–Trinajstić information content (AvgIpc) is 3.31. The van der Waals surface area contributed by atoms with Crippen molar-refractivity contribution in [3.63, 3.8) is 0 Å². The highest BCUT2D eigenvalue weighted by atomic mass is 16.5. The lowest BCUT2D eigenvalue weighted by Crippen LogP contribution is -2.61. The smallest absolute Gasteiger partial charge is 0.409 e. The quantitative estimate of drug-likeness (QED) is 0.370. The van der Waals surface area contributed by atoms with Crippen molar-refractivity contribution in [2.75, 3.05) is 60.0 Å². The predicted molar refractivity (Wildman–Crippen MR) is 158 cm³/mol. The molecule has 4 heterocycles.